The van der Waals surface area contributed by atoms with Gasteiger partial charge < -0.3 is 10.6 Å². The van der Waals surface area contributed by atoms with E-state index in [1.54, 1.807) is 22.7 Å². The summed E-state index contributed by atoms with van der Waals surface area (Å²) in [5.41, 5.74) is 1.27. The Morgan fingerprint density at radius 1 is 0.970 bits per heavy atom. The molecule has 0 fully saturated rings. The summed E-state index contributed by atoms with van der Waals surface area (Å²) in [5, 5.41) is 18.6. The highest BCUT2D eigenvalue weighted by Gasteiger charge is 2.11. The first-order valence-corrected chi connectivity index (χ1v) is 10.9. The number of amides is 2. The molecule has 0 saturated carbocycles. The molecule has 11 heteroatoms. The fourth-order valence-electron chi connectivity index (χ4n) is 2.94. The summed E-state index contributed by atoms with van der Waals surface area (Å²) in [5.74, 6) is -0.831. The number of nitrogens with one attached hydrogen (secondary N) is 2. The van der Waals surface area contributed by atoms with Crippen LogP contribution in [0.3, 0.4) is 0 Å². The van der Waals surface area contributed by atoms with E-state index in [4.69, 9.17) is 0 Å². The first-order valence-electron chi connectivity index (χ1n) is 9.91. The molecule has 0 aliphatic heterocycles. The van der Waals surface area contributed by atoms with Crippen LogP contribution in [0.15, 0.2) is 65.7 Å². The molecule has 0 aliphatic rings. The maximum Gasteiger partial charge on any atom is 0.251 e. The Balaban J connectivity index is 1.33. The van der Waals surface area contributed by atoms with Gasteiger partial charge in [-0.15, -0.1) is 10.2 Å². The fraction of sp³-hybridized carbons (Fsp3) is 0.136. The molecule has 0 bridgehead atoms. The van der Waals surface area contributed by atoms with Crippen LogP contribution in [0.4, 0.5) is 14.5 Å². The molecule has 2 aromatic heterocycles. The van der Waals surface area contributed by atoms with E-state index in [-0.39, 0.29) is 24.1 Å². The minimum atomic E-state index is -0.429. The smallest absolute Gasteiger partial charge is 0.251 e. The molecular weight excluding hydrogens is 450 g/mol. The Kier molecular flexibility index (Phi) is 6.89. The van der Waals surface area contributed by atoms with E-state index in [2.05, 4.69) is 25.9 Å². The van der Waals surface area contributed by atoms with Crippen LogP contribution >= 0.6 is 11.8 Å². The number of thioether (sulfide) groups is 1. The largest absolute Gasteiger partial charge is 0.352 e. The number of aromatic nitrogens is 4. The highest BCUT2D eigenvalue weighted by Crippen LogP contribution is 2.17. The summed E-state index contributed by atoms with van der Waals surface area (Å²) < 4.78 is 27.8. The van der Waals surface area contributed by atoms with Gasteiger partial charge in [-0.1, -0.05) is 17.8 Å². The van der Waals surface area contributed by atoms with Crippen molar-refractivity contribution >= 4 is 34.9 Å². The van der Waals surface area contributed by atoms with E-state index in [1.807, 2.05) is 0 Å². The normalized spacial score (nSPS) is 10.8. The number of benzene rings is 2. The second-order valence-corrected chi connectivity index (χ2v) is 7.91. The molecule has 33 heavy (non-hydrogen) atoms. The van der Waals surface area contributed by atoms with Gasteiger partial charge >= 0.3 is 0 Å². The van der Waals surface area contributed by atoms with Gasteiger partial charge in [-0.3, -0.25) is 9.59 Å². The molecular formula is C22H18F2N6O2S. The average Bonchev–Trinajstić information content (AvgIpc) is 3.20. The molecule has 0 spiro atoms. The van der Waals surface area contributed by atoms with Crippen molar-refractivity contribution in [2.24, 2.45) is 0 Å². The summed E-state index contributed by atoms with van der Waals surface area (Å²) in [4.78, 5) is 24.3. The molecule has 4 aromatic rings. The van der Waals surface area contributed by atoms with Crippen LogP contribution in [0.1, 0.15) is 16.2 Å². The number of carbonyl (C=O) groups is 2. The lowest BCUT2D eigenvalue weighted by Gasteiger charge is -2.06. The molecule has 0 atom stereocenters. The third-order valence-corrected chi connectivity index (χ3v) is 5.42. The quantitative estimate of drug-likeness (QED) is 0.386. The first-order chi connectivity index (χ1) is 16.0. The molecule has 4 rings (SSSR count). The third-order valence-electron chi connectivity index (χ3n) is 4.50. The van der Waals surface area contributed by atoms with Gasteiger partial charge in [-0.05, 0) is 54.6 Å². The minimum absolute atomic E-state index is 0.0835. The number of carbonyl (C=O) groups excluding carboxylic acids is 2. The van der Waals surface area contributed by atoms with E-state index in [0.717, 1.165) is 0 Å². The predicted molar refractivity (Wildman–Crippen MR) is 119 cm³/mol. The van der Waals surface area contributed by atoms with Crippen LogP contribution in [0.25, 0.3) is 5.65 Å². The second-order valence-electron chi connectivity index (χ2n) is 6.92. The van der Waals surface area contributed by atoms with Crippen molar-refractivity contribution in [2.45, 2.75) is 11.4 Å². The lowest BCUT2D eigenvalue weighted by Crippen LogP contribution is -2.26. The zero-order valence-corrected chi connectivity index (χ0v) is 18.0. The van der Waals surface area contributed by atoms with E-state index >= 15 is 0 Å². The SMILES string of the molecule is O=C(CSc1ccc2nnc(CCNC(=O)c3ccc(F)cc3)n2n1)Nc1cccc(F)c1. The van der Waals surface area contributed by atoms with Gasteiger partial charge in [-0.2, -0.15) is 9.61 Å². The third kappa shape index (κ3) is 5.89. The number of hydrogen-bond donors (Lipinski definition) is 2. The Morgan fingerprint density at radius 3 is 2.58 bits per heavy atom. The van der Waals surface area contributed by atoms with Gasteiger partial charge in [-0.25, -0.2) is 8.78 Å². The van der Waals surface area contributed by atoms with Gasteiger partial charge in [0.25, 0.3) is 5.91 Å². The van der Waals surface area contributed by atoms with Crippen LogP contribution in [-0.4, -0.2) is 43.9 Å². The molecule has 2 heterocycles. The zero-order chi connectivity index (χ0) is 23.2. The summed E-state index contributed by atoms with van der Waals surface area (Å²) >= 11 is 1.21. The maximum atomic E-state index is 13.2. The number of anilines is 1. The molecule has 2 amide bonds. The average molecular weight is 468 g/mol. The number of nitrogens with zero attached hydrogens (tertiary/aromatic N) is 4. The van der Waals surface area contributed by atoms with E-state index in [1.165, 1.54) is 54.2 Å². The molecule has 2 N–H and O–H groups in total. The Labute approximate surface area is 191 Å². The highest BCUT2D eigenvalue weighted by atomic mass is 32.2. The first kappa shape index (κ1) is 22.3. The van der Waals surface area contributed by atoms with Crippen LogP contribution < -0.4 is 10.6 Å². The fourth-order valence-corrected chi connectivity index (χ4v) is 3.60. The Morgan fingerprint density at radius 2 is 1.79 bits per heavy atom. The summed E-state index contributed by atoms with van der Waals surface area (Å²) in [6.45, 7) is 0.284. The standard InChI is InChI=1S/C22H18F2N6O2S/c23-15-6-4-14(5-7-15)22(32)25-11-10-19-28-27-18-8-9-21(29-30(18)19)33-13-20(31)26-17-3-1-2-16(24)12-17/h1-9,12H,10-11,13H2,(H,25,32)(H,26,31). The van der Waals surface area contributed by atoms with Crippen molar-refractivity contribution in [3.63, 3.8) is 0 Å². The summed E-state index contributed by atoms with van der Waals surface area (Å²) in [6.07, 6.45) is 0.370. The van der Waals surface area contributed by atoms with Crippen LogP contribution in [0.5, 0.6) is 0 Å². The second kappa shape index (κ2) is 10.2. The van der Waals surface area contributed by atoms with Gasteiger partial charge in [0, 0.05) is 24.2 Å². The van der Waals surface area contributed by atoms with Crippen molar-refractivity contribution < 1.29 is 18.4 Å². The van der Waals surface area contributed by atoms with Gasteiger partial charge in [0.15, 0.2) is 11.5 Å². The zero-order valence-electron chi connectivity index (χ0n) is 17.2. The van der Waals surface area contributed by atoms with Crippen molar-refractivity contribution in [1.82, 2.24) is 25.1 Å². The van der Waals surface area contributed by atoms with E-state index < -0.39 is 11.6 Å². The maximum absolute atomic E-state index is 13.2. The lowest BCUT2D eigenvalue weighted by molar-refractivity contribution is -0.113. The Bertz CT molecular complexity index is 1300. The van der Waals surface area contributed by atoms with Gasteiger partial charge in [0.2, 0.25) is 5.91 Å². The van der Waals surface area contributed by atoms with Crippen LogP contribution in [0, 0.1) is 11.6 Å². The number of fused-ring (bicyclic) bond motifs is 1. The van der Waals surface area contributed by atoms with Gasteiger partial charge in [0.05, 0.1) is 5.75 Å². The van der Waals surface area contributed by atoms with E-state index in [0.29, 0.717) is 34.2 Å². The highest BCUT2D eigenvalue weighted by molar-refractivity contribution is 7.99. The molecule has 0 radical (unpaired) electrons. The molecule has 0 saturated heterocycles. The van der Waals surface area contributed by atoms with Crippen molar-refractivity contribution in [1.29, 1.82) is 0 Å². The van der Waals surface area contributed by atoms with Crippen molar-refractivity contribution in [2.75, 3.05) is 17.6 Å². The molecule has 0 aliphatic carbocycles. The summed E-state index contributed by atoms with van der Waals surface area (Å²) in [6, 6.07) is 14.4. The van der Waals surface area contributed by atoms with Crippen molar-refractivity contribution in [3.05, 3.63) is 83.7 Å². The molecule has 0 unspecified atom stereocenters. The van der Waals surface area contributed by atoms with Gasteiger partial charge in [0.1, 0.15) is 16.7 Å². The molecule has 2 aromatic carbocycles. The lowest BCUT2D eigenvalue weighted by atomic mass is 10.2. The topological polar surface area (TPSA) is 101 Å². The number of hydrogen-bond acceptors (Lipinski definition) is 6. The minimum Gasteiger partial charge on any atom is -0.352 e. The monoisotopic (exact) mass is 468 g/mol. The Hall–Kier alpha value is -3.86. The number of rotatable bonds is 8. The van der Waals surface area contributed by atoms with Crippen LogP contribution in [-0.2, 0) is 11.2 Å². The van der Waals surface area contributed by atoms with Crippen LogP contribution in [0.2, 0.25) is 0 Å². The van der Waals surface area contributed by atoms with E-state index in [9.17, 15) is 18.4 Å². The number of halogens is 2. The van der Waals surface area contributed by atoms with Crippen molar-refractivity contribution in [3.8, 4) is 0 Å². The summed E-state index contributed by atoms with van der Waals surface area (Å²) in [7, 11) is 0. The molecule has 8 nitrogen and oxygen atoms in total. The predicted octanol–water partition coefficient (Wildman–Crippen LogP) is 3.11. The molecule has 168 valence electrons.